The van der Waals surface area contributed by atoms with E-state index in [2.05, 4.69) is 28.3 Å². The first-order chi connectivity index (χ1) is 12.8. The predicted molar refractivity (Wildman–Crippen MR) is 105 cm³/mol. The summed E-state index contributed by atoms with van der Waals surface area (Å²) in [5.41, 5.74) is 3.49. The number of rotatable bonds is 5. The molecule has 8 heteroatoms. The normalized spacial score (nSPS) is 18.3. The smallest absolute Gasteiger partial charge is 0.274 e. The average molecular weight is 388 g/mol. The zero-order chi connectivity index (χ0) is 19.6. The molecular weight excluding hydrogens is 364 g/mol. The molecule has 1 N–H and O–H groups in total. The lowest BCUT2D eigenvalue weighted by molar-refractivity contribution is 0.0741. The van der Waals surface area contributed by atoms with Gasteiger partial charge in [0.2, 0.25) is 0 Å². The first-order valence-corrected chi connectivity index (χ1v) is 10.8. The molecule has 1 unspecified atom stereocenters. The fraction of sp³-hybridized carbons (Fsp3) is 0.421. The van der Waals surface area contributed by atoms with Gasteiger partial charge in [0.15, 0.2) is 9.84 Å². The van der Waals surface area contributed by atoms with Gasteiger partial charge in [0, 0.05) is 18.8 Å². The van der Waals surface area contributed by atoms with Crippen molar-refractivity contribution < 1.29 is 13.2 Å². The summed E-state index contributed by atoms with van der Waals surface area (Å²) in [4.78, 5) is 22.6. The SMILES string of the molecule is CCc1cccc(C)c1Nc1cnc(C(=O)N(C)C2CCS(=O)(=O)C2)cn1. The largest absolute Gasteiger partial charge is 0.339 e. The third-order valence-corrected chi connectivity index (χ3v) is 6.69. The fourth-order valence-corrected chi connectivity index (χ4v) is 5.03. The van der Waals surface area contributed by atoms with Gasteiger partial charge in [-0.2, -0.15) is 0 Å². The van der Waals surface area contributed by atoms with Crippen molar-refractivity contribution in [3.05, 3.63) is 47.4 Å². The summed E-state index contributed by atoms with van der Waals surface area (Å²) in [6, 6.07) is 5.80. The number of para-hydroxylation sites is 1. The van der Waals surface area contributed by atoms with Crippen LogP contribution in [0.2, 0.25) is 0 Å². The van der Waals surface area contributed by atoms with E-state index in [0.717, 1.165) is 17.7 Å². The van der Waals surface area contributed by atoms with Crippen molar-refractivity contribution in [3.63, 3.8) is 0 Å². The molecule has 0 aliphatic carbocycles. The summed E-state index contributed by atoms with van der Waals surface area (Å²) in [6.07, 6.45) is 4.31. The lowest BCUT2D eigenvalue weighted by Gasteiger charge is -2.22. The number of nitrogens with one attached hydrogen (secondary N) is 1. The van der Waals surface area contributed by atoms with Crippen LogP contribution in [-0.4, -0.2) is 53.8 Å². The molecule has 7 nitrogen and oxygen atoms in total. The molecule has 1 fully saturated rings. The Morgan fingerprint density at radius 1 is 1.30 bits per heavy atom. The van der Waals surface area contributed by atoms with Crippen molar-refractivity contribution >= 4 is 27.2 Å². The van der Waals surface area contributed by atoms with E-state index in [0.29, 0.717) is 12.2 Å². The molecule has 0 radical (unpaired) electrons. The van der Waals surface area contributed by atoms with Crippen LogP contribution in [0.1, 0.15) is 35.0 Å². The van der Waals surface area contributed by atoms with Gasteiger partial charge in [0.05, 0.1) is 23.9 Å². The Balaban J connectivity index is 1.73. The highest BCUT2D eigenvalue weighted by Gasteiger charge is 2.33. The minimum absolute atomic E-state index is 0.00931. The number of carbonyl (C=O) groups excluding carboxylic acids is 1. The number of aryl methyl sites for hydroxylation is 2. The number of anilines is 2. The highest BCUT2D eigenvalue weighted by molar-refractivity contribution is 7.91. The van der Waals surface area contributed by atoms with Crippen molar-refractivity contribution in [3.8, 4) is 0 Å². The van der Waals surface area contributed by atoms with Crippen molar-refractivity contribution in [2.24, 2.45) is 0 Å². The van der Waals surface area contributed by atoms with Gasteiger partial charge in [-0.05, 0) is 30.9 Å². The molecule has 3 rings (SSSR count). The molecule has 0 spiro atoms. The highest BCUT2D eigenvalue weighted by atomic mass is 32.2. The predicted octanol–water partition coefficient (Wildman–Crippen LogP) is 2.35. The van der Waals surface area contributed by atoms with E-state index in [9.17, 15) is 13.2 Å². The molecule has 27 heavy (non-hydrogen) atoms. The maximum absolute atomic E-state index is 12.6. The third-order valence-electron chi connectivity index (χ3n) is 4.94. The van der Waals surface area contributed by atoms with Gasteiger partial charge in [-0.3, -0.25) is 4.79 Å². The highest BCUT2D eigenvalue weighted by Crippen LogP contribution is 2.24. The molecule has 2 heterocycles. The van der Waals surface area contributed by atoms with E-state index in [1.807, 2.05) is 19.1 Å². The van der Waals surface area contributed by atoms with Crippen molar-refractivity contribution in [2.45, 2.75) is 32.7 Å². The second-order valence-corrected chi connectivity index (χ2v) is 9.08. The van der Waals surface area contributed by atoms with Crippen LogP contribution in [0.15, 0.2) is 30.6 Å². The number of benzene rings is 1. The number of nitrogens with zero attached hydrogens (tertiary/aromatic N) is 3. The minimum atomic E-state index is -3.05. The molecule has 1 aromatic heterocycles. The molecule has 1 saturated heterocycles. The quantitative estimate of drug-likeness (QED) is 0.845. The summed E-state index contributed by atoms with van der Waals surface area (Å²) in [7, 11) is -1.43. The summed E-state index contributed by atoms with van der Waals surface area (Å²) in [5.74, 6) is 0.373. The Morgan fingerprint density at radius 3 is 2.67 bits per heavy atom. The van der Waals surface area contributed by atoms with E-state index < -0.39 is 9.84 Å². The van der Waals surface area contributed by atoms with E-state index in [1.54, 1.807) is 7.05 Å². The minimum Gasteiger partial charge on any atom is -0.339 e. The van der Waals surface area contributed by atoms with Crippen LogP contribution >= 0.6 is 0 Å². The van der Waals surface area contributed by atoms with Crippen molar-refractivity contribution in [2.75, 3.05) is 23.9 Å². The molecule has 2 aromatic rings. The summed E-state index contributed by atoms with van der Waals surface area (Å²) in [6.45, 7) is 4.11. The summed E-state index contributed by atoms with van der Waals surface area (Å²) in [5, 5.41) is 3.28. The van der Waals surface area contributed by atoms with Gasteiger partial charge in [-0.1, -0.05) is 25.1 Å². The number of amides is 1. The first-order valence-electron chi connectivity index (χ1n) is 8.96. The van der Waals surface area contributed by atoms with Crippen molar-refractivity contribution in [1.82, 2.24) is 14.9 Å². The zero-order valence-electron chi connectivity index (χ0n) is 15.8. The van der Waals surface area contributed by atoms with E-state index in [4.69, 9.17) is 0 Å². The summed E-state index contributed by atoms with van der Waals surface area (Å²) < 4.78 is 23.3. The average Bonchev–Trinajstić information content (AvgIpc) is 3.02. The monoisotopic (exact) mass is 388 g/mol. The van der Waals surface area contributed by atoms with Crippen molar-refractivity contribution in [1.29, 1.82) is 0 Å². The first kappa shape index (κ1) is 19.3. The molecule has 1 atom stereocenters. The van der Waals surface area contributed by atoms with Crippen LogP contribution in [0.3, 0.4) is 0 Å². The number of aromatic nitrogens is 2. The molecule has 0 saturated carbocycles. The van der Waals surface area contributed by atoms with Crippen LogP contribution in [0.25, 0.3) is 0 Å². The van der Waals surface area contributed by atoms with Gasteiger partial charge in [-0.15, -0.1) is 0 Å². The maximum Gasteiger partial charge on any atom is 0.274 e. The third kappa shape index (κ3) is 4.27. The lowest BCUT2D eigenvalue weighted by atomic mass is 10.1. The number of hydrogen-bond acceptors (Lipinski definition) is 6. The fourth-order valence-electron chi connectivity index (χ4n) is 3.26. The van der Waals surface area contributed by atoms with Crippen LogP contribution < -0.4 is 5.32 Å². The van der Waals surface area contributed by atoms with Gasteiger partial charge >= 0.3 is 0 Å². The second-order valence-electron chi connectivity index (χ2n) is 6.85. The molecule has 1 aromatic carbocycles. The Bertz CT molecular complexity index is 942. The maximum atomic E-state index is 12.6. The van der Waals surface area contributed by atoms with Crippen LogP contribution in [-0.2, 0) is 16.3 Å². The Labute approximate surface area is 159 Å². The zero-order valence-corrected chi connectivity index (χ0v) is 16.6. The Hall–Kier alpha value is -2.48. The van der Waals surface area contributed by atoms with E-state index >= 15 is 0 Å². The lowest BCUT2D eigenvalue weighted by Crippen LogP contribution is -2.38. The van der Waals surface area contributed by atoms with Crippen LogP contribution in [0, 0.1) is 6.92 Å². The molecular formula is C19H24N4O3S. The number of sulfone groups is 1. The van der Waals surface area contributed by atoms with Crippen LogP contribution in [0.4, 0.5) is 11.5 Å². The Kier molecular flexibility index (Phi) is 5.46. The van der Waals surface area contributed by atoms with Gasteiger partial charge < -0.3 is 10.2 Å². The second kappa shape index (κ2) is 7.64. The molecule has 1 aliphatic heterocycles. The molecule has 144 valence electrons. The van der Waals surface area contributed by atoms with E-state index in [1.165, 1.54) is 22.9 Å². The van der Waals surface area contributed by atoms with Gasteiger partial charge in [0.25, 0.3) is 5.91 Å². The Morgan fingerprint density at radius 2 is 2.07 bits per heavy atom. The number of hydrogen-bond donors (Lipinski definition) is 1. The van der Waals surface area contributed by atoms with Gasteiger partial charge in [-0.25, -0.2) is 18.4 Å². The topological polar surface area (TPSA) is 92.3 Å². The summed E-state index contributed by atoms with van der Waals surface area (Å²) >= 11 is 0. The van der Waals surface area contributed by atoms with Gasteiger partial charge in [0.1, 0.15) is 11.5 Å². The molecule has 0 bridgehead atoms. The molecule has 1 aliphatic rings. The van der Waals surface area contributed by atoms with Crippen LogP contribution in [0.5, 0.6) is 0 Å². The number of carbonyl (C=O) groups is 1. The van der Waals surface area contributed by atoms with E-state index in [-0.39, 0.29) is 29.1 Å². The standard InChI is InChI=1S/C19H24N4O3S/c1-4-14-7-5-6-13(2)18(14)22-17-11-20-16(10-21-17)19(24)23(3)15-8-9-27(25,26)12-15/h5-7,10-11,15H,4,8-9,12H2,1-3H3,(H,21,22). The molecule has 1 amide bonds.